The average Bonchev–Trinajstić information content (AvgIpc) is 2.57. The van der Waals surface area contributed by atoms with Crippen LogP contribution < -0.4 is 5.32 Å². The van der Waals surface area contributed by atoms with Crippen LogP contribution in [0.1, 0.15) is 44.7 Å². The van der Waals surface area contributed by atoms with E-state index in [1.54, 1.807) is 13.8 Å². The second-order valence-electron chi connectivity index (χ2n) is 6.42. The van der Waals surface area contributed by atoms with Crippen LogP contribution in [0.25, 0.3) is 0 Å². The maximum Gasteiger partial charge on any atom is 0.224 e. The fourth-order valence-corrected chi connectivity index (χ4v) is 4.58. The number of sulfonamides is 1. The Kier molecular flexibility index (Phi) is 6.51. The molecule has 1 saturated heterocycles. The molecule has 1 fully saturated rings. The van der Waals surface area contributed by atoms with E-state index in [2.05, 4.69) is 5.32 Å². The fourth-order valence-electron chi connectivity index (χ4n) is 2.99. The number of nitrogens with one attached hydrogen (secondary N) is 1. The highest BCUT2D eigenvalue weighted by Gasteiger charge is 2.32. The topological polar surface area (TPSA) is 66.5 Å². The van der Waals surface area contributed by atoms with Crippen LogP contribution in [0.2, 0.25) is 0 Å². The maximum absolute atomic E-state index is 13.3. The average molecular weight is 374 g/mol. The lowest BCUT2D eigenvalue weighted by molar-refractivity contribution is -0.126. The zero-order valence-electron chi connectivity index (χ0n) is 14.5. The first kappa shape index (κ1) is 19.8. The maximum atomic E-state index is 13.3. The van der Waals surface area contributed by atoms with Gasteiger partial charge >= 0.3 is 0 Å². The molecule has 1 aliphatic heterocycles. The Morgan fingerprint density at radius 3 is 2.72 bits per heavy atom. The van der Waals surface area contributed by atoms with E-state index in [0.717, 1.165) is 12.1 Å². The minimum atomic E-state index is -3.33. The van der Waals surface area contributed by atoms with E-state index in [0.29, 0.717) is 31.4 Å². The minimum Gasteiger partial charge on any atom is -0.349 e. The van der Waals surface area contributed by atoms with Gasteiger partial charge in [-0.2, -0.15) is 0 Å². The number of hydrogen-bond acceptors (Lipinski definition) is 3. The van der Waals surface area contributed by atoms with Gasteiger partial charge in [-0.1, -0.05) is 13.0 Å². The quantitative estimate of drug-likeness (QED) is 0.832. The predicted octanol–water partition coefficient (Wildman–Crippen LogP) is 2.59. The molecule has 0 spiro atoms. The van der Waals surface area contributed by atoms with Crippen LogP contribution in [0.4, 0.5) is 8.78 Å². The van der Waals surface area contributed by atoms with Gasteiger partial charge in [0.25, 0.3) is 0 Å². The third-order valence-corrected chi connectivity index (χ3v) is 6.46. The molecule has 2 atom stereocenters. The Bertz CT molecular complexity index is 725. The molecule has 0 saturated carbocycles. The van der Waals surface area contributed by atoms with Gasteiger partial charge < -0.3 is 5.32 Å². The van der Waals surface area contributed by atoms with E-state index in [1.807, 2.05) is 0 Å². The van der Waals surface area contributed by atoms with E-state index in [4.69, 9.17) is 0 Å². The largest absolute Gasteiger partial charge is 0.349 e. The number of carbonyl (C=O) groups excluding carboxylic acids is 1. The molecular formula is C17H24F2N2O3S. The molecule has 1 amide bonds. The lowest BCUT2D eigenvalue weighted by atomic mass is 9.98. The van der Waals surface area contributed by atoms with Crippen LogP contribution >= 0.6 is 0 Å². The monoisotopic (exact) mass is 374 g/mol. The van der Waals surface area contributed by atoms with Crippen molar-refractivity contribution in [3.63, 3.8) is 0 Å². The normalized spacial score (nSPS) is 20.2. The van der Waals surface area contributed by atoms with Crippen molar-refractivity contribution in [1.29, 1.82) is 0 Å². The van der Waals surface area contributed by atoms with Crippen molar-refractivity contribution in [1.82, 2.24) is 9.62 Å². The van der Waals surface area contributed by atoms with Gasteiger partial charge in [-0.3, -0.25) is 4.79 Å². The number of amides is 1. The molecule has 25 heavy (non-hydrogen) atoms. The van der Waals surface area contributed by atoms with Crippen molar-refractivity contribution in [2.24, 2.45) is 5.92 Å². The SMILES string of the molecule is CCCS(=O)(=O)N1CCC[C@@H](C(=O)N[C@H](C)c2ccc(F)c(F)c2)C1. The molecule has 0 aliphatic carbocycles. The fraction of sp³-hybridized carbons (Fsp3) is 0.588. The third kappa shape index (κ3) is 4.98. The first-order valence-corrected chi connectivity index (χ1v) is 10.1. The molecule has 1 aromatic carbocycles. The molecule has 1 heterocycles. The Morgan fingerprint density at radius 2 is 2.08 bits per heavy atom. The molecule has 0 unspecified atom stereocenters. The molecule has 140 valence electrons. The molecule has 2 rings (SSSR count). The van der Waals surface area contributed by atoms with Gasteiger partial charge in [0.1, 0.15) is 0 Å². The summed E-state index contributed by atoms with van der Waals surface area (Å²) in [6.45, 7) is 4.08. The summed E-state index contributed by atoms with van der Waals surface area (Å²) in [5.41, 5.74) is 0.457. The molecule has 5 nitrogen and oxygen atoms in total. The second kappa shape index (κ2) is 8.23. The van der Waals surface area contributed by atoms with Crippen LogP contribution in [0.5, 0.6) is 0 Å². The highest BCUT2D eigenvalue weighted by atomic mass is 32.2. The summed E-state index contributed by atoms with van der Waals surface area (Å²) < 4.78 is 52.1. The van der Waals surface area contributed by atoms with Crippen molar-refractivity contribution < 1.29 is 22.0 Å². The van der Waals surface area contributed by atoms with Crippen molar-refractivity contribution in [3.05, 3.63) is 35.4 Å². The van der Waals surface area contributed by atoms with Gasteiger partial charge in [0.15, 0.2) is 11.6 Å². The van der Waals surface area contributed by atoms with E-state index in [9.17, 15) is 22.0 Å². The van der Waals surface area contributed by atoms with Crippen molar-refractivity contribution in [2.45, 2.75) is 39.2 Å². The molecule has 1 aromatic rings. The summed E-state index contributed by atoms with van der Waals surface area (Å²) in [4.78, 5) is 12.5. The second-order valence-corrected chi connectivity index (χ2v) is 8.51. The molecule has 8 heteroatoms. The highest BCUT2D eigenvalue weighted by Crippen LogP contribution is 2.22. The van der Waals surface area contributed by atoms with Gasteiger partial charge in [-0.15, -0.1) is 0 Å². The molecule has 0 aromatic heterocycles. The standard InChI is InChI=1S/C17H24F2N2O3S/c1-3-9-25(23,24)21-8-4-5-14(11-21)17(22)20-12(2)13-6-7-15(18)16(19)10-13/h6-7,10,12,14H,3-5,8-9,11H2,1-2H3,(H,20,22)/t12-,14-/m1/s1. The molecule has 0 bridgehead atoms. The zero-order chi connectivity index (χ0) is 18.6. The Morgan fingerprint density at radius 1 is 1.36 bits per heavy atom. The van der Waals surface area contributed by atoms with Gasteiger partial charge in [0.05, 0.1) is 17.7 Å². The van der Waals surface area contributed by atoms with Gasteiger partial charge in [0.2, 0.25) is 15.9 Å². The molecular weight excluding hydrogens is 350 g/mol. The number of hydrogen-bond donors (Lipinski definition) is 1. The van der Waals surface area contributed by atoms with Crippen LogP contribution in [0.3, 0.4) is 0 Å². The van der Waals surface area contributed by atoms with Crippen molar-refractivity contribution in [3.8, 4) is 0 Å². The molecule has 1 N–H and O–H groups in total. The van der Waals surface area contributed by atoms with Gasteiger partial charge in [-0.05, 0) is 43.9 Å². The summed E-state index contributed by atoms with van der Waals surface area (Å²) in [6, 6.07) is 3.00. The lowest BCUT2D eigenvalue weighted by Crippen LogP contribution is -2.46. The first-order chi connectivity index (χ1) is 11.7. The summed E-state index contributed by atoms with van der Waals surface area (Å²) in [5, 5.41) is 2.77. The summed E-state index contributed by atoms with van der Waals surface area (Å²) >= 11 is 0. The smallest absolute Gasteiger partial charge is 0.224 e. The van der Waals surface area contributed by atoms with E-state index >= 15 is 0 Å². The number of carbonyl (C=O) groups is 1. The van der Waals surface area contributed by atoms with Crippen LogP contribution in [-0.2, 0) is 14.8 Å². The minimum absolute atomic E-state index is 0.0760. The Balaban J connectivity index is 2.01. The van der Waals surface area contributed by atoms with E-state index in [1.165, 1.54) is 10.4 Å². The van der Waals surface area contributed by atoms with E-state index in [-0.39, 0.29) is 18.2 Å². The first-order valence-electron chi connectivity index (χ1n) is 8.47. The summed E-state index contributed by atoms with van der Waals surface area (Å²) in [6.07, 6.45) is 1.76. The predicted molar refractivity (Wildman–Crippen MR) is 91.3 cm³/mol. The summed E-state index contributed by atoms with van der Waals surface area (Å²) in [5.74, 6) is -2.53. The highest BCUT2D eigenvalue weighted by molar-refractivity contribution is 7.89. The lowest BCUT2D eigenvalue weighted by Gasteiger charge is -2.31. The third-order valence-electron chi connectivity index (χ3n) is 4.41. The van der Waals surface area contributed by atoms with Crippen molar-refractivity contribution in [2.75, 3.05) is 18.8 Å². The van der Waals surface area contributed by atoms with Crippen LogP contribution in [0, 0.1) is 17.6 Å². The molecule has 1 aliphatic rings. The Labute approximate surface area is 147 Å². The van der Waals surface area contributed by atoms with Gasteiger partial charge in [0, 0.05) is 13.1 Å². The number of halogens is 2. The number of rotatable bonds is 6. The number of nitrogens with zero attached hydrogens (tertiary/aromatic N) is 1. The molecule has 0 radical (unpaired) electrons. The van der Waals surface area contributed by atoms with Gasteiger partial charge in [-0.25, -0.2) is 21.5 Å². The van der Waals surface area contributed by atoms with E-state index < -0.39 is 33.6 Å². The Hall–Kier alpha value is -1.54. The van der Waals surface area contributed by atoms with Crippen LogP contribution in [0.15, 0.2) is 18.2 Å². The van der Waals surface area contributed by atoms with Crippen LogP contribution in [-0.4, -0.2) is 37.5 Å². The summed E-state index contributed by atoms with van der Waals surface area (Å²) in [7, 11) is -3.33. The van der Waals surface area contributed by atoms with Crippen molar-refractivity contribution >= 4 is 15.9 Å². The number of benzene rings is 1. The number of piperidine rings is 1. The zero-order valence-corrected chi connectivity index (χ0v) is 15.3.